The molecule has 3 N–H and O–H groups in total. The molecule has 13 heteroatoms. The largest absolute Gasteiger partial charge is 0.465 e. The Morgan fingerprint density at radius 1 is 1.07 bits per heavy atom. The maximum Gasteiger partial charge on any atom is 0.341 e. The Labute approximate surface area is 166 Å². The number of nitro benzene ring substituents is 2. The van der Waals surface area contributed by atoms with Crippen molar-refractivity contribution in [1.82, 2.24) is 0 Å². The van der Waals surface area contributed by atoms with Crippen molar-refractivity contribution < 1.29 is 29.0 Å². The highest BCUT2D eigenvalue weighted by Crippen LogP contribution is 2.35. The van der Waals surface area contributed by atoms with Gasteiger partial charge in [-0.2, -0.15) is 0 Å². The van der Waals surface area contributed by atoms with Crippen LogP contribution in [-0.2, 0) is 4.74 Å². The molecule has 152 valence electrons. The minimum absolute atomic E-state index is 0.00145. The quantitative estimate of drug-likeness (QED) is 0.403. The number of anilines is 1. The number of carbonyl (C=O) groups excluding carboxylic acids is 3. The molecule has 0 unspecified atom stereocenters. The second-order valence-corrected chi connectivity index (χ2v) is 6.74. The van der Waals surface area contributed by atoms with Crippen LogP contribution in [0.15, 0.2) is 12.1 Å². The lowest BCUT2D eigenvalue weighted by Crippen LogP contribution is -2.15. The summed E-state index contributed by atoms with van der Waals surface area (Å²) in [5.74, 6) is -2.64. The van der Waals surface area contributed by atoms with E-state index < -0.39 is 39.0 Å². The zero-order chi connectivity index (χ0) is 22.0. The number of esters is 1. The first-order chi connectivity index (χ1) is 13.5. The van der Waals surface area contributed by atoms with E-state index >= 15 is 0 Å². The van der Waals surface area contributed by atoms with Gasteiger partial charge in [0.25, 0.3) is 23.2 Å². The van der Waals surface area contributed by atoms with Gasteiger partial charge >= 0.3 is 5.97 Å². The third kappa shape index (κ3) is 4.03. The molecule has 0 bridgehead atoms. The van der Waals surface area contributed by atoms with Crippen LogP contribution in [0.25, 0.3) is 0 Å². The van der Waals surface area contributed by atoms with E-state index in [1.807, 2.05) is 0 Å². The molecular weight excluding hydrogens is 408 g/mol. The summed E-state index contributed by atoms with van der Waals surface area (Å²) in [5.41, 5.74) is 3.51. The SMILES string of the molecule is COC(=O)c1c(NC(=O)c2cc([N+](=O)[O-])c(C)c([N+](=O)[O-])c2)sc(C(N)=O)c1C. The molecule has 0 saturated heterocycles. The molecule has 29 heavy (non-hydrogen) atoms. The molecule has 0 aliphatic carbocycles. The molecular formula is C16H14N4O8S. The van der Waals surface area contributed by atoms with Gasteiger partial charge in [-0.1, -0.05) is 0 Å². The molecule has 1 aromatic carbocycles. The van der Waals surface area contributed by atoms with E-state index in [1.165, 1.54) is 13.8 Å². The van der Waals surface area contributed by atoms with Gasteiger partial charge in [-0.25, -0.2) is 4.79 Å². The monoisotopic (exact) mass is 422 g/mol. The standard InChI is InChI=1S/C16H14N4O8S/c1-6-9(19(24)25)4-8(5-10(6)20(26)27)14(22)18-15-11(16(23)28-3)7(2)12(29-15)13(17)21/h4-5H,1-3H3,(H2,17,21)(H,18,22). The number of benzene rings is 1. The first-order valence-corrected chi connectivity index (χ1v) is 8.57. The number of rotatable bonds is 6. The van der Waals surface area contributed by atoms with E-state index in [4.69, 9.17) is 5.73 Å². The van der Waals surface area contributed by atoms with E-state index in [1.54, 1.807) is 0 Å². The number of methoxy groups -OCH3 is 1. The highest BCUT2D eigenvalue weighted by atomic mass is 32.1. The van der Waals surface area contributed by atoms with Gasteiger partial charge in [0.15, 0.2) is 0 Å². The van der Waals surface area contributed by atoms with Crippen molar-refractivity contribution in [2.75, 3.05) is 12.4 Å². The summed E-state index contributed by atoms with van der Waals surface area (Å²) in [5, 5.41) is 24.6. The van der Waals surface area contributed by atoms with Crippen LogP contribution in [0, 0.1) is 34.1 Å². The first kappa shape index (κ1) is 21.4. The lowest BCUT2D eigenvalue weighted by atomic mass is 10.1. The number of nitrogens with zero attached hydrogens (tertiary/aromatic N) is 2. The highest BCUT2D eigenvalue weighted by molar-refractivity contribution is 7.18. The fourth-order valence-corrected chi connectivity index (χ4v) is 3.60. The van der Waals surface area contributed by atoms with Crippen molar-refractivity contribution in [3.05, 3.63) is 59.5 Å². The van der Waals surface area contributed by atoms with Gasteiger partial charge in [0.1, 0.15) is 10.6 Å². The Bertz CT molecular complexity index is 1040. The lowest BCUT2D eigenvalue weighted by molar-refractivity contribution is -0.395. The smallest absolute Gasteiger partial charge is 0.341 e. The fourth-order valence-electron chi connectivity index (χ4n) is 2.55. The van der Waals surface area contributed by atoms with Gasteiger partial charge in [0.2, 0.25) is 0 Å². The van der Waals surface area contributed by atoms with E-state index in [2.05, 4.69) is 10.1 Å². The van der Waals surface area contributed by atoms with Crippen molar-refractivity contribution in [3.8, 4) is 0 Å². The number of ether oxygens (including phenoxy) is 1. The average molecular weight is 422 g/mol. The Morgan fingerprint density at radius 3 is 2.00 bits per heavy atom. The van der Waals surface area contributed by atoms with Crippen molar-refractivity contribution in [2.24, 2.45) is 5.73 Å². The van der Waals surface area contributed by atoms with Gasteiger partial charge < -0.3 is 15.8 Å². The highest BCUT2D eigenvalue weighted by Gasteiger charge is 2.28. The number of nitrogens with two attached hydrogens (primary N) is 1. The molecule has 0 radical (unpaired) electrons. The van der Waals surface area contributed by atoms with Crippen molar-refractivity contribution in [3.63, 3.8) is 0 Å². The summed E-state index contributed by atoms with van der Waals surface area (Å²) in [6.07, 6.45) is 0. The van der Waals surface area contributed by atoms with Crippen molar-refractivity contribution in [2.45, 2.75) is 13.8 Å². The number of carbonyl (C=O) groups is 3. The van der Waals surface area contributed by atoms with Gasteiger partial charge in [0.05, 0.1) is 33.0 Å². The maximum absolute atomic E-state index is 12.6. The van der Waals surface area contributed by atoms with E-state index in [-0.39, 0.29) is 32.1 Å². The van der Waals surface area contributed by atoms with Gasteiger partial charge in [0, 0.05) is 12.1 Å². The summed E-state index contributed by atoms with van der Waals surface area (Å²) in [4.78, 5) is 56.9. The van der Waals surface area contributed by atoms with Crippen LogP contribution in [0.2, 0.25) is 0 Å². The van der Waals surface area contributed by atoms with Crippen LogP contribution in [0.4, 0.5) is 16.4 Å². The average Bonchev–Trinajstić information content (AvgIpc) is 2.96. The van der Waals surface area contributed by atoms with Gasteiger partial charge in [-0.3, -0.25) is 29.8 Å². The summed E-state index contributed by atoms with van der Waals surface area (Å²) < 4.78 is 4.64. The molecule has 12 nitrogen and oxygen atoms in total. The maximum atomic E-state index is 12.6. The van der Waals surface area contributed by atoms with E-state index in [0.29, 0.717) is 11.3 Å². The van der Waals surface area contributed by atoms with Gasteiger partial charge in [-0.05, 0) is 19.4 Å². The molecule has 2 rings (SSSR count). The number of hydrogen-bond donors (Lipinski definition) is 2. The van der Waals surface area contributed by atoms with Crippen LogP contribution >= 0.6 is 11.3 Å². The van der Waals surface area contributed by atoms with Crippen LogP contribution < -0.4 is 11.1 Å². The molecule has 0 atom stereocenters. The normalized spacial score (nSPS) is 10.3. The van der Waals surface area contributed by atoms with Crippen LogP contribution in [0.5, 0.6) is 0 Å². The number of primary amides is 1. The van der Waals surface area contributed by atoms with E-state index in [0.717, 1.165) is 19.2 Å². The third-order valence-electron chi connectivity index (χ3n) is 4.00. The van der Waals surface area contributed by atoms with E-state index in [9.17, 15) is 34.6 Å². The Kier molecular flexibility index (Phi) is 5.92. The Morgan fingerprint density at radius 2 is 1.59 bits per heavy atom. The number of nitro groups is 2. The zero-order valence-electron chi connectivity index (χ0n) is 15.3. The molecule has 2 amide bonds. The predicted molar refractivity (Wildman–Crippen MR) is 101 cm³/mol. The topological polar surface area (TPSA) is 185 Å². The number of amides is 2. The molecule has 0 aliphatic rings. The fraction of sp³-hybridized carbons (Fsp3) is 0.188. The second-order valence-electron chi connectivity index (χ2n) is 5.72. The number of thiophene rings is 1. The van der Waals surface area contributed by atoms with Crippen LogP contribution in [-0.4, -0.2) is 34.7 Å². The molecule has 0 spiro atoms. The summed E-state index contributed by atoms with van der Waals surface area (Å²) in [6, 6.07) is 1.76. The molecule has 2 aromatic rings. The summed E-state index contributed by atoms with van der Waals surface area (Å²) in [6.45, 7) is 2.62. The summed E-state index contributed by atoms with van der Waals surface area (Å²) in [7, 11) is 1.10. The Balaban J connectivity index is 2.57. The molecule has 1 aromatic heterocycles. The Hall–Kier alpha value is -3.87. The minimum atomic E-state index is -0.960. The zero-order valence-corrected chi connectivity index (χ0v) is 16.1. The molecule has 0 saturated carbocycles. The van der Waals surface area contributed by atoms with Crippen LogP contribution in [0.3, 0.4) is 0 Å². The van der Waals surface area contributed by atoms with Crippen LogP contribution in [0.1, 0.15) is 41.5 Å². The molecule has 1 heterocycles. The molecule has 0 fully saturated rings. The van der Waals surface area contributed by atoms with Crippen molar-refractivity contribution >= 4 is 45.5 Å². The number of nitrogens with one attached hydrogen (secondary N) is 1. The predicted octanol–water partition coefficient (Wildman–Crippen LogP) is 2.32. The number of hydrogen-bond acceptors (Lipinski definition) is 9. The first-order valence-electron chi connectivity index (χ1n) is 7.75. The lowest BCUT2D eigenvalue weighted by Gasteiger charge is -2.07. The minimum Gasteiger partial charge on any atom is -0.465 e. The third-order valence-corrected chi connectivity index (χ3v) is 5.22. The van der Waals surface area contributed by atoms with Gasteiger partial charge in [-0.15, -0.1) is 11.3 Å². The second kappa shape index (κ2) is 8.02. The molecule has 0 aliphatic heterocycles. The van der Waals surface area contributed by atoms with Crippen molar-refractivity contribution in [1.29, 1.82) is 0 Å². The summed E-state index contributed by atoms with van der Waals surface area (Å²) >= 11 is 0.710.